The molecule has 0 aromatic carbocycles. The van der Waals surface area contributed by atoms with Gasteiger partial charge in [0.2, 0.25) is 0 Å². The summed E-state index contributed by atoms with van der Waals surface area (Å²) in [6.07, 6.45) is 4.46. The molecule has 6 nitrogen and oxygen atoms in total. The van der Waals surface area contributed by atoms with Crippen molar-refractivity contribution < 1.29 is 0 Å². The maximum Gasteiger partial charge on any atom is 0.145 e. The van der Waals surface area contributed by atoms with Crippen molar-refractivity contribution >= 4 is 5.69 Å². The summed E-state index contributed by atoms with van der Waals surface area (Å²) in [6, 6.07) is 0. The number of aromatic nitrogens is 5. The van der Waals surface area contributed by atoms with E-state index in [1.165, 1.54) is 0 Å². The minimum absolute atomic E-state index is 0.662. The highest BCUT2D eigenvalue weighted by Gasteiger charge is 2.06. The molecule has 0 spiro atoms. The molecule has 16 heavy (non-hydrogen) atoms. The van der Waals surface area contributed by atoms with Gasteiger partial charge in [-0.1, -0.05) is 6.92 Å². The lowest BCUT2D eigenvalue weighted by atomic mass is 10.3. The van der Waals surface area contributed by atoms with E-state index in [1.54, 1.807) is 11.0 Å². The first-order valence-corrected chi connectivity index (χ1v) is 5.30. The summed E-state index contributed by atoms with van der Waals surface area (Å²) in [4.78, 5) is 4.16. The number of anilines is 1. The van der Waals surface area contributed by atoms with Crippen molar-refractivity contribution in [2.45, 2.75) is 19.9 Å². The monoisotopic (exact) mass is 220 g/mol. The van der Waals surface area contributed by atoms with E-state index in [0.29, 0.717) is 6.54 Å². The largest absolute Gasteiger partial charge is 0.375 e. The second kappa shape index (κ2) is 4.34. The number of nitrogens with zero attached hydrogens (tertiary/aromatic N) is 5. The van der Waals surface area contributed by atoms with Crippen molar-refractivity contribution in [3.63, 3.8) is 0 Å². The molecule has 0 bridgehead atoms. The molecular formula is C10H16N6. The van der Waals surface area contributed by atoms with Crippen LogP contribution in [0.4, 0.5) is 5.69 Å². The van der Waals surface area contributed by atoms with Crippen molar-refractivity contribution in [1.29, 1.82) is 0 Å². The smallest absolute Gasteiger partial charge is 0.145 e. The summed E-state index contributed by atoms with van der Waals surface area (Å²) in [5.74, 6) is 0.908. The molecule has 2 rings (SSSR count). The molecule has 0 saturated heterocycles. The number of nitrogens with one attached hydrogen (secondary N) is 1. The molecule has 0 aliphatic heterocycles. The van der Waals surface area contributed by atoms with Crippen molar-refractivity contribution in [3.8, 4) is 0 Å². The number of rotatable bonds is 4. The Balaban J connectivity index is 2.07. The second-order valence-electron chi connectivity index (χ2n) is 3.67. The third-order valence-electron chi connectivity index (χ3n) is 2.48. The van der Waals surface area contributed by atoms with Crippen LogP contribution in [0, 0.1) is 0 Å². The van der Waals surface area contributed by atoms with Gasteiger partial charge in [0.15, 0.2) is 0 Å². The van der Waals surface area contributed by atoms with Gasteiger partial charge in [0, 0.05) is 20.3 Å². The van der Waals surface area contributed by atoms with E-state index in [4.69, 9.17) is 0 Å². The molecule has 2 heterocycles. The third kappa shape index (κ3) is 2.05. The molecule has 2 aromatic rings. The zero-order valence-electron chi connectivity index (χ0n) is 9.80. The van der Waals surface area contributed by atoms with Gasteiger partial charge >= 0.3 is 0 Å². The minimum Gasteiger partial charge on any atom is -0.375 e. The van der Waals surface area contributed by atoms with Gasteiger partial charge in [-0.3, -0.25) is 9.36 Å². The van der Waals surface area contributed by atoms with Crippen molar-refractivity contribution in [1.82, 2.24) is 24.5 Å². The summed E-state index contributed by atoms with van der Waals surface area (Å²) >= 11 is 0. The standard InChI is InChI=1S/C10H16N6/c1-4-8-9(6-15(2)14-8)11-5-10-12-7-13-16(10)3/h6-7,11H,4-5H2,1-3H3. The molecule has 0 unspecified atom stereocenters. The second-order valence-corrected chi connectivity index (χ2v) is 3.67. The number of hydrogen-bond donors (Lipinski definition) is 1. The quantitative estimate of drug-likeness (QED) is 0.825. The lowest BCUT2D eigenvalue weighted by Gasteiger charge is -2.04. The van der Waals surface area contributed by atoms with E-state index in [1.807, 2.05) is 25.0 Å². The molecule has 0 fully saturated rings. The van der Waals surface area contributed by atoms with E-state index >= 15 is 0 Å². The number of hydrogen-bond acceptors (Lipinski definition) is 4. The van der Waals surface area contributed by atoms with Crippen LogP contribution in [0.5, 0.6) is 0 Å². The zero-order chi connectivity index (χ0) is 11.5. The Morgan fingerprint density at radius 1 is 1.38 bits per heavy atom. The summed E-state index contributed by atoms with van der Waals surface area (Å²) in [6.45, 7) is 2.75. The van der Waals surface area contributed by atoms with Crippen LogP contribution in [0.2, 0.25) is 0 Å². The van der Waals surface area contributed by atoms with Crippen molar-refractivity contribution in [2.24, 2.45) is 14.1 Å². The average molecular weight is 220 g/mol. The van der Waals surface area contributed by atoms with Crippen LogP contribution < -0.4 is 5.32 Å². The normalized spacial score (nSPS) is 10.7. The van der Waals surface area contributed by atoms with Gasteiger partial charge in [0.25, 0.3) is 0 Å². The predicted molar refractivity (Wildman–Crippen MR) is 60.9 cm³/mol. The molecule has 0 saturated carbocycles. The molecule has 0 aliphatic rings. The molecule has 2 aromatic heterocycles. The molecule has 0 aliphatic carbocycles. The Kier molecular flexibility index (Phi) is 2.89. The number of aryl methyl sites for hydroxylation is 3. The molecule has 86 valence electrons. The highest BCUT2D eigenvalue weighted by molar-refractivity contribution is 5.46. The van der Waals surface area contributed by atoms with Crippen LogP contribution in [0.3, 0.4) is 0 Å². The van der Waals surface area contributed by atoms with Crippen LogP contribution in [-0.4, -0.2) is 24.5 Å². The van der Waals surface area contributed by atoms with Gasteiger partial charge in [-0.05, 0) is 6.42 Å². The van der Waals surface area contributed by atoms with Gasteiger partial charge in [0.1, 0.15) is 12.2 Å². The summed E-state index contributed by atoms with van der Waals surface area (Å²) < 4.78 is 3.58. The third-order valence-corrected chi connectivity index (χ3v) is 2.48. The molecule has 0 amide bonds. The first-order chi connectivity index (χ1) is 7.70. The van der Waals surface area contributed by atoms with Crippen LogP contribution in [0.25, 0.3) is 0 Å². The Morgan fingerprint density at radius 3 is 2.81 bits per heavy atom. The fourth-order valence-corrected chi connectivity index (χ4v) is 1.60. The van der Waals surface area contributed by atoms with E-state index < -0.39 is 0 Å². The fourth-order valence-electron chi connectivity index (χ4n) is 1.60. The Hall–Kier alpha value is -1.85. The predicted octanol–water partition coefficient (Wildman–Crippen LogP) is 0.723. The van der Waals surface area contributed by atoms with Crippen LogP contribution in [0.15, 0.2) is 12.5 Å². The molecule has 0 atom stereocenters. The highest BCUT2D eigenvalue weighted by Crippen LogP contribution is 2.14. The molecule has 6 heteroatoms. The highest BCUT2D eigenvalue weighted by atomic mass is 15.3. The summed E-state index contributed by atoms with van der Waals surface area (Å²) in [5.41, 5.74) is 2.14. The van der Waals surface area contributed by atoms with Crippen LogP contribution in [-0.2, 0) is 27.1 Å². The van der Waals surface area contributed by atoms with Gasteiger partial charge in [0.05, 0.1) is 17.9 Å². The summed E-state index contributed by atoms with van der Waals surface area (Å²) in [7, 11) is 3.81. The first-order valence-electron chi connectivity index (χ1n) is 5.30. The summed E-state index contributed by atoms with van der Waals surface area (Å²) in [5, 5.41) is 11.7. The Labute approximate surface area is 94.3 Å². The van der Waals surface area contributed by atoms with Crippen LogP contribution in [0.1, 0.15) is 18.4 Å². The van der Waals surface area contributed by atoms with Gasteiger partial charge in [-0.25, -0.2) is 4.98 Å². The van der Waals surface area contributed by atoms with Crippen LogP contribution >= 0.6 is 0 Å². The van der Waals surface area contributed by atoms with Gasteiger partial charge in [-0.2, -0.15) is 10.2 Å². The van der Waals surface area contributed by atoms with Gasteiger partial charge in [-0.15, -0.1) is 0 Å². The van der Waals surface area contributed by atoms with E-state index in [9.17, 15) is 0 Å². The van der Waals surface area contributed by atoms with E-state index in [-0.39, 0.29) is 0 Å². The van der Waals surface area contributed by atoms with Gasteiger partial charge < -0.3 is 5.32 Å². The van der Waals surface area contributed by atoms with Crippen molar-refractivity contribution in [2.75, 3.05) is 5.32 Å². The lowest BCUT2D eigenvalue weighted by Crippen LogP contribution is -2.07. The van der Waals surface area contributed by atoms with E-state index in [0.717, 1.165) is 23.6 Å². The molecule has 1 N–H and O–H groups in total. The zero-order valence-corrected chi connectivity index (χ0v) is 9.80. The maximum atomic E-state index is 4.36. The lowest BCUT2D eigenvalue weighted by molar-refractivity contribution is 0.712. The molecular weight excluding hydrogens is 204 g/mol. The Morgan fingerprint density at radius 2 is 2.19 bits per heavy atom. The SMILES string of the molecule is CCc1nn(C)cc1NCc1ncnn1C. The average Bonchev–Trinajstić information content (AvgIpc) is 2.81. The van der Waals surface area contributed by atoms with E-state index in [2.05, 4.69) is 27.4 Å². The van der Waals surface area contributed by atoms with Crippen molar-refractivity contribution in [3.05, 3.63) is 24.0 Å². The minimum atomic E-state index is 0.662. The first kappa shape index (κ1) is 10.7. The maximum absolute atomic E-state index is 4.36. The fraction of sp³-hybridized carbons (Fsp3) is 0.500. The topological polar surface area (TPSA) is 60.6 Å². The molecule has 0 radical (unpaired) electrons. The Bertz CT molecular complexity index is 469.